The summed E-state index contributed by atoms with van der Waals surface area (Å²) < 4.78 is 5.27. The first-order valence-electron chi connectivity index (χ1n) is 5.85. The number of hydrogen-bond donors (Lipinski definition) is 1. The summed E-state index contributed by atoms with van der Waals surface area (Å²) in [6.45, 7) is 6.03. The van der Waals surface area contributed by atoms with Crippen molar-refractivity contribution in [2.75, 3.05) is 7.05 Å². The highest BCUT2D eigenvalue weighted by molar-refractivity contribution is 5.76. The summed E-state index contributed by atoms with van der Waals surface area (Å²) in [6, 6.07) is 7.51. The number of hydrogen-bond acceptors (Lipinski definition) is 3. The third-order valence-corrected chi connectivity index (χ3v) is 2.27. The normalized spacial score (nSPS) is 10.9. The van der Waals surface area contributed by atoms with Crippen molar-refractivity contribution in [1.82, 2.24) is 4.90 Å². The third-order valence-electron chi connectivity index (χ3n) is 2.27. The number of nitrogens with zero attached hydrogens (tertiary/aromatic N) is 1. The highest BCUT2D eigenvalue weighted by Gasteiger charge is 2.19. The van der Waals surface area contributed by atoms with Crippen LogP contribution >= 0.6 is 0 Å². The molecule has 1 amide bonds. The van der Waals surface area contributed by atoms with Gasteiger partial charge in [0, 0.05) is 19.8 Å². The van der Waals surface area contributed by atoms with Gasteiger partial charge in [-0.25, -0.2) is 4.79 Å². The van der Waals surface area contributed by atoms with Crippen molar-refractivity contribution in [3.8, 4) is 0 Å². The van der Waals surface area contributed by atoms with Gasteiger partial charge in [0.15, 0.2) is 0 Å². The van der Waals surface area contributed by atoms with Crippen LogP contribution in [-0.2, 0) is 11.3 Å². The Bertz CT molecular complexity index is 418. The van der Waals surface area contributed by atoms with Crippen LogP contribution in [0.3, 0.4) is 0 Å². The molecule has 1 N–H and O–H groups in total. The Morgan fingerprint density at radius 1 is 1.33 bits per heavy atom. The number of carbonyl (C=O) groups is 1. The van der Waals surface area contributed by atoms with E-state index in [1.807, 2.05) is 45.0 Å². The maximum atomic E-state index is 11.8. The molecule has 1 aromatic rings. The monoisotopic (exact) mass is 248 g/mol. The van der Waals surface area contributed by atoms with Gasteiger partial charge in [0.05, 0.1) is 0 Å². The Labute approximate surface area is 108 Å². The predicted molar refractivity (Wildman–Crippen MR) is 72.0 cm³/mol. The van der Waals surface area contributed by atoms with E-state index in [2.05, 4.69) is 0 Å². The molecule has 0 aliphatic carbocycles. The molecule has 98 valence electrons. The first kappa shape index (κ1) is 14.2. The molecular formula is C14H20N2O2. The van der Waals surface area contributed by atoms with E-state index in [1.54, 1.807) is 7.05 Å². The Balaban J connectivity index is 2.60. The fourth-order valence-electron chi connectivity index (χ4n) is 1.40. The van der Waals surface area contributed by atoms with Gasteiger partial charge in [-0.2, -0.15) is 0 Å². The average molecular weight is 248 g/mol. The zero-order chi connectivity index (χ0) is 13.8. The summed E-state index contributed by atoms with van der Waals surface area (Å²) in [5.74, 6) is 0. The molecule has 1 rings (SSSR count). The molecule has 18 heavy (non-hydrogen) atoms. The van der Waals surface area contributed by atoms with Crippen LogP contribution in [0.5, 0.6) is 0 Å². The van der Waals surface area contributed by atoms with E-state index in [-0.39, 0.29) is 6.09 Å². The molecule has 0 aliphatic heterocycles. The number of nitrogens with one attached hydrogen (secondary N) is 1. The van der Waals surface area contributed by atoms with Crippen LogP contribution in [0.15, 0.2) is 24.3 Å². The van der Waals surface area contributed by atoms with E-state index >= 15 is 0 Å². The van der Waals surface area contributed by atoms with Gasteiger partial charge in [-0.05, 0) is 31.9 Å². The number of amides is 1. The summed E-state index contributed by atoms with van der Waals surface area (Å²) in [4.78, 5) is 13.3. The van der Waals surface area contributed by atoms with Crippen LogP contribution in [-0.4, -0.2) is 29.9 Å². The molecular weight excluding hydrogens is 228 g/mol. The topological polar surface area (TPSA) is 53.4 Å². The molecule has 0 aromatic heterocycles. The molecule has 0 radical (unpaired) electrons. The maximum absolute atomic E-state index is 11.8. The number of benzene rings is 1. The van der Waals surface area contributed by atoms with E-state index in [0.29, 0.717) is 6.54 Å². The lowest BCUT2D eigenvalue weighted by Gasteiger charge is -2.24. The van der Waals surface area contributed by atoms with Crippen molar-refractivity contribution in [2.45, 2.75) is 32.9 Å². The summed E-state index contributed by atoms with van der Waals surface area (Å²) in [7, 11) is 1.71. The van der Waals surface area contributed by atoms with Crippen LogP contribution in [0.25, 0.3) is 0 Å². The van der Waals surface area contributed by atoms with E-state index < -0.39 is 5.60 Å². The molecule has 0 unspecified atom stereocenters. The van der Waals surface area contributed by atoms with E-state index in [1.165, 1.54) is 11.1 Å². The molecule has 0 spiro atoms. The zero-order valence-corrected chi connectivity index (χ0v) is 11.4. The second-order valence-corrected chi connectivity index (χ2v) is 5.22. The number of carbonyl (C=O) groups excluding carboxylic acids is 1. The van der Waals surface area contributed by atoms with Crippen LogP contribution in [0, 0.1) is 5.41 Å². The van der Waals surface area contributed by atoms with Gasteiger partial charge in [-0.15, -0.1) is 0 Å². The first-order valence-corrected chi connectivity index (χ1v) is 5.85. The van der Waals surface area contributed by atoms with Crippen LogP contribution < -0.4 is 0 Å². The van der Waals surface area contributed by atoms with Crippen molar-refractivity contribution in [2.24, 2.45) is 0 Å². The molecule has 4 nitrogen and oxygen atoms in total. The van der Waals surface area contributed by atoms with Crippen molar-refractivity contribution in [3.05, 3.63) is 35.4 Å². The maximum Gasteiger partial charge on any atom is 0.410 e. The van der Waals surface area contributed by atoms with Crippen molar-refractivity contribution >= 4 is 12.3 Å². The molecule has 0 aliphatic rings. The van der Waals surface area contributed by atoms with Gasteiger partial charge in [-0.1, -0.05) is 24.3 Å². The minimum absolute atomic E-state index is 0.335. The van der Waals surface area contributed by atoms with Crippen molar-refractivity contribution < 1.29 is 9.53 Å². The van der Waals surface area contributed by atoms with E-state index in [4.69, 9.17) is 10.1 Å². The molecule has 0 fully saturated rings. The second kappa shape index (κ2) is 5.67. The molecule has 1 aromatic carbocycles. The van der Waals surface area contributed by atoms with Crippen LogP contribution in [0.1, 0.15) is 31.9 Å². The SMILES string of the molecule is CN(Cc1ccc(C=N)cc1)C(=O)OC(C)(C)C. The summed E-state index contributed by atoms with van der Waals surface area (Å²) in [5.41, 5.74) is 1.38. The van der Waals surface area contributed by atoms with Gasteiger partial charge >= 0.3 is 6.09 Å². The largest absolute Gasteiger partial charge is 0.444 e. The predicted octanol–water partition coefficient (Wildman–Crippen LogP) is 3.05. The molecule has 4 heteroatoms. The second-order valence-electron chi connectivity index (χ2n) is 5.22. The first-order chi connectivity index (χ1) is 8.31. The zero-order valence-electron chi connectivity index (χ0n) is 11.4. The van der Waals surface area contributed by atoms with E-state index in [9.17, 15) is 4.79 Å². The molecule has 0 saturated heterocycles. The minimum atomic E-state index is -0.477. The molecule has 0 atom stereocenters. The lowest BCUT2D eigenvalue weighted by molar-refractivity contribution is 0.0285. The van der Waals surface area contributed by atoms with E-state index in [0.717, 1.165) is 11.1 Å². The Morgan fingerprint density at radius 2 is 1.89 bits per heavy atom. The number of ether oxygens (including phenoxy) is 1. The summed E-state index contributed by atoms with van der Waals surface area (Å²) in [6.07, 6.45) is 0.958. The fourth-order valence-corrected chi connectivity index (χ4v) is 1.40. The quantitative estimate of drug-likeness (QED) is 0.836. The summed E-state index contributed by atoms with van der Waals surface area (Å²) in [5, 5.41) is 7.11. The Kier molecular flexibility index (Phi) is 4.48. The smallest absolute Gasteiger partial charge is 0.410 e. The Hall–Kier alpha value is -1.84. The standard InChI is InChI=1S/C14H20N2O2/c1-14(2,3)18-13(17)16(4)10-12-7-5-11(9-15)6-8-12/h5-9,15H,10H2,1-4H3. The van der Waals surface area contributed by atoms with Gasteiger partial charge < -0.3 is 15.0 Å². The summed E-state index contributed by atoms with van der Waals surface area (Å²) >= 11 is 0. The van der Waals surface area contributed by atoms with Crippen LogP contribution in [0.4, 0.5) is 4.79 Å². The lowest BCUT2D eigenvalue weighted by atomic mass is 10.1. The fraction of sp³-hybridized carbons (Fsp3) is 0.429. The molecule has 0 saturated carbocycles. The lowest BCUT2D eigenvalue weighted by Crippen LogP contribution is -2.33. The molecule has 0 heterocycles. The Morgan fingerprint density at radius 3 is 2.33 bits per heavy atom. The highest BCUT2D eigenvalue weighted by Crippen LogP contribution is 2.11. The molecule has 0 bridgehead atoms. The highest BCUT2D eigenvalue weighted by atomic mass is 16.6. The minimum Gasteiger partial charge on any atom is -0.444 e. The van der Waals surface area contributed by atoms with Gasteiger partial charge in [0.1, 0.15) is 5.60 Å². The third kappa shape index (κ3) is 4.57. The van der Waals surface area contributed by atoms with Gasteiger partial charge in [0.2, 0.25) is 0 Å². The van der Waals surface area contributed by atoms with Gasteiger partial charge in [-0.3, -0.25) is 0 Å². The van der Waals surface area contributed by atoms with Crippen molar-refractivity contribution in [1.29, 1.82) is 5.41 Å². The van der Waals surface area contributed by atoms with Gasteiger partial charge in [0.25, 0.3) is 0 Å². The number of rotatable bonds is 3. The van der Waals surface area contributed by atoms with Crippen LogP contribution in [0.2, 0.25) is 0 Å². The average Bonchev–Trinajstić information content (AvgIpc) is 2.27. The van der Waals surface area contributed by atoms with Crippen molar-refractivity contribution in [3.63, 3.8) is 0 Å².